The van der Waals surface area contributed by atoms with Gasteiger partial charge in [-0.25, -0.2) is 0 Å². The van der Waals surface area contributed by atoms with Crippen molar-refractivity contribution in [2.24, 2.45) is 0 Å². The summed E-state index contributed by atoms with van der Waals surface area (Å²) >= 11 is 0. The zero-order valence-corrected chi connectivity index (χ0v) is 14.7. The Hall–Kier alpha value is -2.49. The van der Waals surface area contributed by atoms with Gasteiger partial charge in [0.15, 0.2) is 11.5 Å². The molecular formula is C21H23NO3. The summed E-state index contributed by atoms with van der Waals surface area (Å²) in [6, 6.07) is 12.1. The van der Waals surface area contributed by atoms with Crippen LogP contribution in [-0.4, -0.2) is 12.7 Å². The van der Waals surface area contributed by atoms with E-state index in [2.05, 4.69) is 37.4 Å². The molecule has 2 aromatic rings. The van der Waals surface area contributed by atoms with Gasteiger partial charge in [0, 0.05) is 5.69 Å². The molecule has 25 heavy (non-hydrogen) atoms. The summed E-state index contributed by atoms with van der Waals surface area (Å²) < 4.78 is 10.9. The van der Waals surface area contributed by atoms with Crippen LogP contribution in [0.4, 0.5) is 5.69 Å². The second-order valence-electron chi connectivity index (χ2n) is 6.76. The molecule has 0 saturated heterocycles. The molecule has 0 spiro atoms. The van der Waals surface area contributed by atoms with E-state index in [0.29, 0.717) is 0 Å². The fraction of sp³-hybridized carbons (Fsp3) is 0.381. The van der Waals surface area contributed by atoms with Crippen LogP contribution in [0.3, 0.4) is 0 Å². The average molecular weight is 337 g/mol. The van der Waals surface area contributed by atoms with Gasteiger partial charge in [-0.3, -0.25) is 4.79 Å². The molecule has 2 aliphatic rings. The lowest BCUT2D eigenvalue weighted by atomic mass is 9.93. The van der Waals surface area contributed by atoms with Gasteiger partial charge in [0.1, 0.15) is 0 Å². The molecule has 1 fully saturated rings. The van der Waals surface area contributed by atoms with Crippen molar-refractivity contribution in [3.05, 3.63) is 53.1 Å². The Morgan fingerprint density at radius 3 is 2.36 bits per heavy atom. The average Bonchev–Trinajstić information content (AvgIpc) is 3.33. The summed E-state index contributed by atoms with van der Waals surface area (Å²) in [5.41, 5.74) is 3.95. The number of aryl methyl sites for hydroxylation is 2. The van der Waals surface area contributed by atoms with Crippen molar-refractivity contribution in [3.63, 3.8) is 0 Å². The number of ether oxygens (including phenoxy) is 2. The van der Waals surface area contributed by atoms with Crippen LogP contribution in [0.2, 0.25) is 0 Å². The highest BCUT2D eigenvalue weighted by Crippen LogP contribution is 2.51. The highest BCUT2D eigenvalue weighted by Gasteiger charge is 2.51. The molecule has 4 heteroatoms. The summed E-state index contributed by atoms with van der Waals surface area (Å²) in [5, 5.41) is 3.24. The van der Waals surface area contributed by atoms with Crippen LogP contribution in [0.5, 0.6) is 11.5 Å². The third-order valence-corrected chi connectivity index (χ3v) is 5.35. The van der Waals surface area contributed by atoms with Gasteiger partial charge in [-0.15, -0.1) is 0 Å². The molecule has 0 bridgehead atoms. The number of fused-ring (bicyclic) bond motifs is 1. The lowest BCUT2D eigenvalue weighted by Gasteiger charge is -2.20. The lowest BCUT2D eigenvalue weighted by molar-refractivity contribution is -0.118. The first-order valence-corrected chi connectivity index (χ1v) is 9.00. The predicted molar refractivity (Wildman–Crippen MR) is 97.3 cm³/mol. The molecule has 0 unspecified atom stereocenters. The minimum atomic E-state index is -0.438. The van der Waals surface area contributed by atoms with Crippen LogP contribution in [0.25, 0.3) is 0 Å². The van der Waals surface area contributed by atoms with E-state index in [1.807, 2.05) is 18.2 Å². The van der Waals surface area contributed by atoms with Crippen molar-refractivity contribution in [1.29, 1.82) is 0 Å². The van der Waals surface area contributed by atoms with E-state index < -0.39 is 5.41 Å². The molecule has 130 valence electrons. The van der Waals surface area contributed by atoms with Crippen LogP contribution >= 0.6 is 0 Å². The van der Waals surface area contributed by atoms with Gasteiger partial charge in [0.25, 0.3) is 0 Å². The summed E-state index contributed by atoms with van der Waals surface area (Å²) in [7, 11) is 0. The van der Waals surface area contributed by atoms with Crippen LogP contribution < -0.4 is 14.8 Å². The third-order valence-electron chi connectivity index (χ3n) is 5.35. The van der Waals surface area contributed by atoms with Gasteiger partial charge < -0.3 is 14.8 Å². The highest BCUT2D eigenvalue weighted by atomic mass is 16.7. The Labute approximate surface area is 148 Å². The molecule has 1 N–H and O–H groups in total. The molecule has 0 aromatic heterocycles. The number of nitrogens with one attached hydrogen (secondary N) is 1. The SMILES string of the molecule is CCc1cccc(CC)c1NC(=O)C1(c2ccc3c(c2)OCO3)CC1. The zero-order chi connectivity index (χ0) is 17.4. The number of carbonyl (C=O) groups excluding carboxylic acids is 1. The Kier molecular flexibility index (Phi) is 3.91. The molecule has 1 aliphatic carbocycles. The fourth-order valence-corrected chi connectivity index (χ4v) is 3.60. The van der Waals surface area contributed by atoms with Crippen LogP contribution in [0.15, 0.2) is 36.4 Å². The smallest absolute Gasteiger partial charge is 0.235 e. The van der Waals surface area contributed by atoms with Gasteiger partial charge in [0.05, 0.1) is 5.41 Å². The number of benzene rings is 2. The third kappa shape index (κ3) is 2.66. The molecule has 1 amide bonds. The Bertz CT molecular complexity index is 802. The van der Waals surface area contributed by atoms with Gasteiger partial charge in [0.2, 0.25) is 12.7 Å². The number of hydrogen-bond acceptors (Lipinski definition) is 3. The summed E-state index contributed by atoms with van der Waals surface area (Å²) in [5.74, 6) is 1.58. The summed E-state index contributed by atoms with van der Waals surface area (Å²) in [6.07, 6.45) is 3.55. The second-order valence-corrected chi connectivity index (χ2v) is 6.76. The van der Waals surface area contributed by atoms with Crippen LogP contribution in [-0.2, 0) is 23.1 Å². The minimum absolute atomic E-state index is 0.0852. The van der Waals surface area contributed by atoms with E-state index in [-0.39, 0.29) is 12.7 Å². The standard InChI is InChI=1S/C21H23NO3/c1-3-14-6-5-7-15(4-2)19(14)22-20(23)21(10-11-21)16-8-9-17-18(12-16)25-13-24-17/h5-9,12H,3-4,10-11,13H2,1-2H3,(H,22,23). The number of anilines is 1. The molecule has 4 nitrogen and oxygen atoms in total. The molecule has 0 atom stereocenters. The number of rotatable bonds is 5. The topological polar surface area (TPSA) is 47.6 Å². The lowest BCUT2D eigenvalue weighted by Crippen LogP contribution is -2.28. The summed E-state index contributed by atoms with van der Waals surface area (Å²) in [4.78, 5) is 13.2. The number of carbonyl (C=O) groups is 1. The maximum Gasteiger partial charge on any atom is 0.235 e. The van der Waals surface area contributed by atoms with Gasteiger partial charge in [-0.2, -0.15) is 0 Å². The molecule has 1 heterocycles. The van der Waals surface area contributed by atoms with E-state index in [0.717, 1.165) is 48.4 Å². The number of hydrogen-bond donors (Lipinski definition) is 1. The van der Waals surface area contributed by atoms with E-state index in [1.165, 1.54) is 11.1 Å². The number of amides is 1. The van der Waals surface area contributed by atoms with Crippen LogP contribution in [0, 0.1) is 0 Å². The maximum absolute atomic E-state index is 13.2. The minimum Gasteiger partial charge on any atom is -0.454 e. The molecule has 1 saturated carbocycles. The first-order chi connectivity index (χ1) is 12.2. The van der Waals surface area contributed by atoms with E-state index in [4.69, 9.17) is 9.47 Å². The van der Waals surface area contributed by atoms with E-state index in [1.54, 1.807) is 0 Å². The van der Waals surface area contributed by atoms with Crippen molar-refractivity contribution in [2.75, 3.05) is 12.1 Å². The normalized spacial score (nSPS) is 16.6. The quantitative estimate of drug-likeness (QED) is 0.889. The van der Waals surface area contributed by atoms with Gasteiger partial charge >= 0.3 is 0 Å². The monoisotopic (exact) mass is 337 g/mol. The largest absolute Gasteiger partial charge is 0.454 e. The van der Waals surface area contributed by atoms with Crippen molar-refractivity contribution in [1.82, 2.24) is 0 Å². The second kappa shape index (κ2) is 6.10. The molecule has 1 aliphatic heterocycles. The summed E-state index contributed by atoms with van der Waals surface area (Å²) in [6.45, 7) is 4.49. The maximum atomic E-state index is 13.2. The molecule has 4 rings (SSSR count). The first kappa shape index (κ1) is 16.0. The van der Waals surface area contributed by atoms with Crippen LogP contribution in [0.1, 0.15) is 43.4 Å². The molecule has 2 aromatic carbocycles. The molecular weight excluding hydrogens is 314 g/mol. The van der Waals surface area contributed by atoms with E-state index in [9.17, 15) is 4.79 Å². The fourth-order valence-electron chi connectivity index (χ4n) is 3.60. The Morgan fingerprint density at radius 2 is 1.72 bits per heavy atom. The zero-order valence-electron chi connectivity index (χ0n) is 14.7. The predicted octanol–water partition coefficient (Wildman–Crippen LogP) is 4.21. The highest BCUT2D eigenvalue weighted by molar-refractivity contribution is 6.02. The van der Waals surface area contributed by atoms with Gasteiger partial charge in [-0.05, 0) is 54.5 Å². The first-order valence-electron chi connectivity index (χ1n) is 9.00. The molecule has 0 radical (unpaired) electrons. The van der Waals surface area contributed by atoms with E-state index >= 15 is 0 Å². The Morgan fingerprint density at radius 1 is 1.04 bits per heavy atom. The van der Waals surface area contributed by atoms with Crippen molar-refractivity contribution >= 4 is 11.6 Å². The Balaban J connectivity index is 1.63. The van der Waals surface area contributed by atoms with Crippen molar-refractivity contribution in [3.8, 4) is 11.5 Å². The van der Waals surface area contributed by atoms with Crippen molar-refractivity contribution < 1.29 is 14.3 Å². The van der Waals surface area contributed by atoms with Gasteiger partial charge in [-0.1, -0.05) is 38.1 Å². The number of para-hydroxylation sites is 1. The van der Waals surface area contributed by atoms with Crippen molar-refractivity contribution in [2.45, 2.75) is 44.9 Å².